The van der Waals surface area contributed by atoms with Crippen LogP contribution in [0.25, 0.3) is 0 Å². The van der Waals surface area contributed by atoms with E-state index in [0.717, 1.165) is 65.4 Å². The van der Waals surface area contributed by atoms with Gasteiger partial charge in [-0.15, -0.1) is 0 Å². The van der Waals surface area contributed by atoms with Crippen LogP contribution in [0.15, 0.2) is 0 Å². The van der Waals surface area contributed by atoms with E-state index in [-0.39, 0.29) is 46.5 Å². The molecule has 0 amide bonds. The van der Waals surface area contributed by atoms with Crippen molar-refractivity contribution >= 4 is 5.97 Å². The predicted octanol–water partition coefficient (Wildman–Crippen LogP) is -1.37. The zero-order chi connectivity index (χ0) is 15.7. The van der Waals surface area contributed by atoms with Crippen molar-refractivity contribution in [2.75, 3.05) is 79.0 Å². The molecule has 0 aliphatic carbocycles. The van der Waals surface area contributed by atoms with Crippen LogP contribution in [0.5, 0.6) is 0 Å². The monoisotopic (exact) mass is 457 g/mol. The van der Waals surface area contributed by atoms with Gasteiger partial charge in [0.15, 0.2) is 0 Å². The van der Waals surface area contributed by atoms with E-state index in [1.54, 1.807) is 0 Å². The zero-order valence-corrected chi connectivity index (χ0v) is 16.5. The van der Waals surface area contributed by atoms with Gasteiger partial charge < -0.3 is 24.6 Å². The molecule has 0 aromatic rings. The first kappa shape index (κ1) is 22.6. The molecule has 0 atom stereocenters. The Bertz CT molecular complexity index is 307. The minimum absolute atomic E-state index is 0. The number of likely N-dealkylation sites (N-methyl/N-ethyl adjacent to an activating group) is 3. The second-order valence-corrected chi connectivity index (χ2v) is 5.82. The maximum atomic E-state index is 10.9. The molecule has 0 aromatic heterocycles. The van der Waals surface area contributed by atoms with Gasteiger partial charge in [0.2, 0.25) is 0 Å². The third-order valence-electron chi connectivity index (χ3n) is 4.31. The van der Waals surface area contributed by atoms with E-state index in [0.29, 0.717) is 0 Å². The second-order valence-electron chi connectivity index (χ2n) is 5.82. The summed E-state index contributed by atoms with van der Waals surface area (Å²) in [5.41, 5.74) is 0. The molecule has 7 heteroatoms. The molecule has 1 saturated heterocycles. The number of carbonyl (C=O) groups is 1. The van der Waals surface area contributed by atoms with E-state index in [1.807, 2.05) is 4.90 Å². The number of rotatable bonds is 4. The van der Waals surface area contributed by atoms with Crippen LogP contribution in [0.1, 0.15) is 13.8 Å². The van der Waals surface area contributed by atoms with Gasteiger partial charge in [-0.1, -0.05) is 13.8 Å². The molecule has 0 aromatic carbocycles. The Morgan fingerprint density at radius 3 is 1.59 bits per heavy atom. The molecular formula is C15H31GdN4O2+2. The Balaban J connectivity index is 0.00000441. The van der Waals surface area contributed by atoms with Gasteiger partial charge in [-0.2, -0.15) is 0 Å². The number of carboxylic acids is 1. The van der Waals surface area contributed by atoms with Gasteiger partial charge in [0, 0.05) is 58.9 Å². The van der Waals surface area contributed by atoms with E-state index < -0.39 is 5.97 Å². The normalized spacial score (nSPS) is 21.6. The Labute approximate surface area is 167 Å². The minimum Gasteiger partial charge on any atom is -0.549 e. The van der Waals surface area contributed by atoms with Crippen molar-refractivity contribution in [3.63, 3.8) is 0 Å². The van der Waals surface area contributed by atoms with Gasteiger partial charge in [0.05, 0.1) is 5.97 Å². The summed E-state index contributed by atoms with van der Waals surface area (Å²) in [6.45, 7) is 14.1. The summed E-state index contributed by atoms with van der Waals surface area (Å²) in [5, 5.41) is 10.9. The molecule has 6 nitrogen and oxygen atoms in total. The average Bonchev–Trinajstić information content (AvgIpc) is 2.45. The molecular weight excluding hydrogens is 425 g/mol. The maximum absolute atomic E-state index is 10.9. The third kappa shape index (κ3) is 9.70. The van der Waals surface area contributed by atoms with Crippen molar-refractivity contribution in [1.29, 1.82) is 0 Å². The molecule has 1 aliphatic heterocycles. The summed E-state index contributed by atoms with van der Waals surface area (Å²) in [4.78, 5) is 20.0. The maximum Gasteiger partial charge on any atom is 3.00 e. The summed E-state index contributed by atoms with van der Waals surface area (Å²) in [7, 11) is 2.11. The predicted molar refractivity (Wildman–Crippen MR) is 83.2 cm³/mol. The first-order valence-electron chi connectivity index (χ1n) is 8.10. The van der Waals surface area contributed by atoms with E-state index >= 15 is 0 Å². The Hall–Kier alpha value is 0.635. The van der Waals surface area contributed by atoms with Crippen LogP contribution < -0.4 is 5.11 Å². The van der Waals surface area contributed by atoms with Gasteiger partial charge in [-0.05, 0) is 20.1 Å². The SMILES string of the molecule is CCN1CCN(C)CCN(CC(=O)[O-])CCN(CC)CC1.[Gd+3]. The number of carboxylic acid groups (broad SMARTS) is 1. The van der Waals surface area contributed by atoms with Crippen molar-refractivity contribution in [2.24, 2.45) is 0 Å². The van der Waals surface area contributed by atoms with Crippen molar-refractivity contribution in [2.45, 2.75) is 13.8 Å². The topological polar surface area (TPSA) is 53.1 Å². The fraction of sp³-hybridized carbons (Fsp3) is 0.933. The van der Waals surface area contributed by atoms with Gasteiger partial charge in [0.25, 0.3) is 0 Å². The van der Waals surface area contributed by atoms with Crippen LogP contribution >= 0.6 is 0 Å². The zero-order valence-electron chi connectivity index (χ0n) is 14.2. The second kappa shape index (κ2) is 13.0. The van der Waals surface area contributed by atoms with Crippen molar-refractivity contribution < 1.29 is 49.8 Å². The Morgan fingerprint density at radius 2 is 1.18 bits per heavy atom. The molecule has 0 saturated carbocycles. The first-order valence-corrected chi connectivity index (χ1v) is 8.10. The third-order valence-corrected chi connectivity index (χ3v) is 4.31. The molecule has 0 spiro atoms. The van der Waals surface area contributed by atoms with Crippen molar-refractivity contribution in [3.8, 4) is 0 Å². The van der Waals surface area contributed by atoms with Gasteiger partial charge >= 0.3 is 39.9 Å². The largest absolute Gasteiger partial charge is 3.00 e. The summed E-state index contributed by atoms with van der Waals surface area (Å²) in [6, 6.07) is 0. The van der Waals surface area contributed by atoms with Gasteiger partial charge in [-0.3, -0.25) is 4.90 Å². The smallest absolute Gasteiger partial charge is 0.549 e. The molecule has 1 radical (unpaired) electrons. The molecule has 22 heavy (non-hydrogen) atoms. The quantitative estimate of drug-likeness (QED) is 0.520. The average molecular weight is 457 g/mol. The minimum atomic E-state index is -0.982. The van der Waals surface area contributed by atoms with Gasteiger partial charge in [-0.25, -0.2) is 0 Å². The van der Waals surface area contributed by atoms with E-state index in [9.17, 15) is 9.90 Å². The van der Waals surface area contributed by atoms with Crippen LogP contribution in [0, 0.1) is 39.9 Å². The van der Waals surface area contributed by atoms with Crippen molar-refractivity contribution in [3.05, 3.63) is 0 Å². The fourth-order valence-corrected chi connectivity index (χ4v) is 2.61. The number of nitrogens with zero attached hydrogens (tertiary/aromatic N) is 4. The molecule has 0 unspecified atom stereocenters. The first-order chi connectivity index (χ1) is 10.0. The summed E-state index contributed by atoms with van der Waals surface area (Å²) < 4.78 is 0. The summed E-state index contributed by atoms with van der Waals surface area (Å²) in [5.74, 6) is -0.982. The Morgan fingerprint density at radius 1 is 0.818 bits per heavy atom. The fourth-order valence-electron chi connectivity index (χ4n) is 2.61. The molecule has 1 heterocycles. The molecule has 1 aliphatic rings. The number of hydrogen-bond acceptors (Lipinski definition) is 6. The molecule has 129 valence electrons. The van der Waals surface area contributed by atoms with Gasteiger partial charge in [0.1, 0.15) is 0 Å². The van der Waals surface area contributed by atoms with Crippen LogP contribution in [0.3, 0.4) is 0 Å². The summed E-state index contributed by atoms with van der Waals surface area (Å²) >= 11 is 0. The van der Waals surface area contributed by atoms with E-state index in [2.05, 4.69) is 35.6 Å². The van der Waals surface area contributed by atoms with Crippen LogP contribution in [-0.2, 0) is 4.79 Å². The van der Waals surface area contributed by atoms with E-state index in [1.165, 1.54) is 0 Å². The molecule has 1 fully saturated rings. The Kier molecular flexibility index (Phi) is 13.4. The molecule has 0 N–H and O–H groups in total. The van der Waals surface area contributed by atoms with Crippen LogP contribution in [0.2, 0.25) is 0 Å². The number of aliphatic carboxylic acids is 1. The van der Waals surface area contributed by atoms with Crippen LogP contribution in [0.4, 0.5) is 0 Å². The standard InChI is InChI=1S/C15H32N4O2.Gd/c1-4-17-8-6-16(3)7-9-19(14-15(20)21)13-12-18(5-2)11-10-17;/h4-14H2,1-3H3,(H,20,21);/q;+3/p-1. The van der Waals surface area contributed by atoms with Crippen LogP contribution in [-0.4, -0.2) is 105 Å². The van der Waals surface area contributed by atoms with E-state index in [4.69, 9.17) is 0 Å². The molecule has 1 rings (SSSR count). The molecule has 0 bridgehead atoms. The number of hydrogen-bond donors (Lipinski definition) is 0. The van der Waals surface area contributed by atoms with Crippen molar-refractivity contribution in [1.82, 2.24) is 19.6 Å². The number of carbonyl (C=O) groups excluding carboxylic acids is 1. The summed E-state index contributed by atoms with van der Waals surface area (Å²) in [6.07, 6.45) is 0.